The van der Waals surface area contributed by atoms with Gasteiger partial charge in [0.1, 0.15) is 11.9 Å². The van der Waals surface area contributed by atoms with Crippen molar-refractivity contribution in [3.63, 3.8) is 0 Å². The molecule has 110 valence electrons. The van der Waals surface area contributed by atoms with Crippen LogP contribution in [0.15, 0.2) is 54.6 Å². The highest BCUT2D eigenvalue weighted by Gasteiger charge is 2.30. The zero-order chi connectivity index (χ0) is 14.7. The Kier molecular flexibility index (Phi) is 4.47. The number of halogens is 1. The molecule has 0 saturated carbocycles. The first-order valence-corrected chi connectivity index (χ1v) is 7.76. The van der Waals surface area contributed by atoms with Gasteiger partial charge in [0.05, 0.1) is 5.02 Å². The largest absolute Gasteiger partial charge is 0.488 e. The standard InChI is InChI=1S/C18H20ClNO/c1-20-12-11-17(21-18-10-6-5-9-16(18)19)15(13-20)14-7-3-2-4-8-14/h2-10,15,17H,11-13H2,1H3/t15-,17+/m0/s1. The lowest BCUT2D eigenvalue weighted by Crippen LogP contribution is -2.42. The number of likely N-dealkylation sites (tertiary alicyclic amines) is 1. The van der Waals surface area contributed by atoms with Crippen LogP contribution in [0.5, 0.6) is 5.75 Å². The fourth-order valence-electron chi connectivity index (χ4n) is 2.96. The molecule has 0 N–H and O–H groups in total. The van der Waals surface area contributed by atoms with Gasteiger partial charge in [-0.25, -0.2) is 0 Å². The van der Waals surface area contributed by atoms with Gasteiger partial charge in [-0.05, 0) is 31.2 Å². The highest BCUT2D eigenvalue weighted by molar-refractivity contribution is 6.32. The Morgan fingerprint density at radius 3 is 2.52 bits per heavy atom. The van der Waals surface area contributed by atoms with Crippen LogP contribution >= 0.6 is 11.6 Å². The first-order chi connectivity index (χ1) is 10.2. The van der Waals surface area contributed by atoms with Crippen LogP contribution in [0.3, 0.4) is 0 Å². The summed E-state index contributed by atoms with van der Waals surface area (Å²) in [6, 6.07) is 18.3. The molecule has 2 atom stereocenters. The zero-order valence-electron chi connectivity index (χ0n) is 12.2. The van der Waals surface area contributed by atoms with Gasteiger partial charge < -0.3 is 9.64 Å². The second-order valence-corrected chi connectivity index (χ2v) is 6.06. The second-order valence-electron chi connectivity index (χ2n) is 5.65. The minimum atomic E-state index is 0.170. The average molecular weight is 302 g/mol. The van der Waals surface area contributed by atoms with E-state index in [9.17, 15) is 0 Å². The Labute approximate surface area is 131 Å². The van der Waals surface area contributed by atoms with E-state index in [0.717, 1.165) is 25.3 Å². The SMILES string of the molecule is CN1CC[C@@H](Oc2ccccc2Cl)[C@H](c2ccccc2)C1. The van der Waals surface area contributed by atoms with E-state index in [0.29, 0.717) is 10.9 Å². The third-order valence-corrected chi connectivity index (χ3v) is 4.41. The van der Waals surface area contributed by atoms with Crippen molar-refractivity contribution >= 4 is 11.6 Å². The smallest absolute Gasteiger partial charge is 0.138 e. The van der Waals surface area contributed by atoms with Crippen LogP contribution in [0.4, 0.5) is 0 Å². The normalized spacial score (nSPS) is 23.0. The molecule has 0 aliphatic carbocycles. The van der Waals surface area contributed by atoms with Crippen molar-refractivity contribution in [3.05, 3.63) is 65.2 Å². The quantitative estimate of drug-likeness (QED) is 0.842. The van der Waals surface area contributed by atoms with Crippen molar-refractivity contribution in [2.24, 2.45) is 0 Å². The maximum absolute atomic E-state index is 6.24. The average Bonchev–Trinajstić information content (AvgIpc) is 2.52. The molecule has 2 nitrogen and oxygen atoms in total. The van der Waals surface area contributed by atoms with E-state index < -0.39 is 0 Å². The summed E-state index contributed by atoms with van der Waals surface area (Å²) in [4.78, 5) is 2.37. The molecule has 2 aromatic rings. The van der Waals surface area contributed by atoms with Crippen LogP contribution in [0.1, 0.15) is 17.9 Å². The van der Waals surface area contributed by atoms with Gasteiger partial charge in [-0.1, -0.05) is 54.1 Å². The van der Waals surface area contributed by atoms with E-state index in [1.807, 2.05) is 24.3 Å². The van der Waals surface area contributed by atoms with Gasteiger partial charge in [-0.2, -0.15) is 0 Å². The van der Waals surface area contributed by atoms with E-state index >= 15 is 0 Å². The predicted molar refractivity (Wildman–Crippen MR) is 87.2 cm³/mol. The molecule has 0 bridgehead atoms. The summed E-state index contributed by atoms with van der Waals surface area (Å²) in [5.74, 6) is 1.16. The molecule has 0 aromatic heterocycles. The van der Waals surface area contributed by atoms with E-state index in [1.54, 1.807) is 0 Å². The number of hydrogen-bond donors (Lipinski definition) is 0. The number of piperidine rings is 1. The molecule has 0 unspecified atom stereocenters. The van der Waals surface area contributed by atoms with Gasteiger partial charge in [-0.15, -0.1) is 0 Å². The summed E-state index contributed by atoms with van der Waals surface area (Å²) in [7, 11) is 2.17. The Bertz CT molecular complexity index is 587. The maximum atomic E-state index is 6.24. The molecule has 2 aromatic carbocycles. The number of rotatable bonds is 3. The number of hydrogen-bond acceptors (Lipinski definition) is 2. The first-order valence-electron chi connectivity index (χ1n) is 7.39. The van der Waals surface area contributed by atoms with Crippen LogP contribution in [-0.4, -0.2) is 31.1 Å². The van der Waals surface area contributed by atoms with Crippen LogP contribution in [0.25, 0.3) is 0 Å². The molecule has 1 saturated heterocycles. The number of ether oxygens (including phenoxy) is 1. The maximum Gasteiger partial charge on any atom is 0.138 e. The number of likely N-dealkylation sites (N-methyl/N-ethyl adjacent to an activating group) is 1. The van der Waals surface area contributed by atoms with Gasteiger partial charge in [0, 0.05) is 19.0 Å². The summed E-state index contributed by atoms with van der Waals surface area (Å²) < 4.78 is 6.24. The summed E-state index contributed by atoms with van der Waals surface area (Å²) in [5.41, 5.74) is 1.33. The van der Waals surface area contributed by atoms with Gasteiger partial charge in [0.15, 0.2) is 0 Å². The van der Waals surface area contributed by atoms with Gasteiger partial charge in [0.25, 0.3) is 0 Å². The fourth-order valence-corrected chi connectivity index (χ4v) is 3.14. The molecule has 1 aliphatic heterocycles. The number of para-hydroxylation sites is 1. The molecule has 21 heavy (non-hydrogen) atoms. The molecule has 1 heterocycles. The summed E-state index contributed by atoms with van der Waals surface area (Å²) in [6.07, 6.45) is 1.19. The Morgan fingerprint density at radius 2 is 1.76 bits per heavy atom. The predicted octanol–water partition coefficient (Wildman–Crippen LogP) is 4.21. The monoisotopic (exact) mass is 301 g/mol. The number of nitrogens with zero attached hydrogens (tertiary/aromatic N) is 1. The number of benzene rings is 2. The molecule has 0 amide bonds. The van der Waals surface area contributed by atoms with Gasteiger partial charge in [0.2, 0.25) is 0 Å². The first kappa shape index (κ1) is 14.4. The van der Waals surface area contributed by atoms with E-state index in [2.05, 4.69) is 42.3 Å². The molecule has 1 fully saturated rings. The third kappa shape index (κ3) is 3.39. The zero-order valence-corrected chi connectivity index (χ0v) is 13.0. The molecular formula is C18H20ClNO. The van der Waals surface area contributed by atoms with E-state index in [-0.39, 0.29) is 6.10 Å². The Hall–Kier alpha value is -1.51. The molecular weight excluding hydrogens is 282 g/mol. The molecule has 3 heteroatoms. The highest BCUT2D eigenvalue weighted by atomic mass is 35.5. The van der Waals surface area contributed by atoms with Crippen molar-refractivity contribution in [1.29, 1.82) is 0 Å². The van der Waals surface area contributed by atoms with Gasteiger partial charge in [-0.3, -0.25) is 0 Å². The van der Waals surface area contributed by atoms with Gasteiger partial charge >= 0.3 is 0 Å². The van der Waals surface area contributed by atoms with Crippen LogP contribution < -0.4 is 4.74 Å². The van der Waals surface area contributed by atoms with Crippen molar-refractivity contribution in [3.8, 4) is 5.75 Å². The third-order valence-electron chi connectivity index (χ3n) is 4.10. The van der Waals surface area contributed by atoms with Crippen LogP contribution in [0, 0.1) is 0 Å². The molecule has 3 rings (SSSR count). The second kappa shape index (κ2) is 6.50. The lowest BCUT2D eigenvalue weighted by Gasteiger charge is -2.37. The Balaban J connectivity index is 1.83. The highest BCUT2D eigenvalue weighted by Crippen LogP contribution is 2.32. The Morgan fingerprint density at radius 1 is 1.05 bits per heavy atom. The van der Waals surface area contributed by atoms with Crippen LogP contribution in [0.2, 0.25) is 5.02 Å². The van der Waals surface area contributed by atoms with Crippen molar-refractivity contribution in [2.75, 3.05) is 20.1 Å². The minimum absolute atomic E-state index is 0.170. The molecule has 0 spiro atoms. The van der Waals surface area contributed by atoms with Crippen molar-refractivity contribution in [2.45, 2.75) is 18.4 Å². The van der Waals surface area contributed by atoms with Crippen LogP contribution in [-0.2, 0) is 0 Å². The minimum Gasteiger partial charge on any atom is -0.488 e. The van der Waals surface area contributed by atoms with Crippen molar-refractivity contribution < 1.29 is 4.74 Å². The fraction of sp³-hybridized carbons (Fsp3) is 0.333. The molecule has 1 aliphatic rings. The van der Waals surface area contributed by atoms with E-state index in [1.165, 1.54) is 5.56 Å². The summed E-state index contributed by atoms with van der Waals surface area (Å²) in [6.45, 7) is 2.07. The summed E-state index contributed by atoms with van der Waals surface area (Å²) >= 11 is 6.23. The lowest BCUT2D eigenvalue weighted by atomic mass is 9.88. The topological polar surface area (TPSA) is 12.5 Å². The lowest BCUT2D eigenvalue weighted by molar-refractivity contribution is 0.0903. The molecule has 0 radical (unpaired) electrons. The van der Waals surface area contributed by atoms with Crippen molar-refractivity contribution in [1.82, 2.24) is 4.90 Å². The van der Waals surface area contributed by atoms with E-state index in [4.69, 9.17) is 16.3 Å². The summed E-state index contributed by atoms with van der Waals surface area (Å²) in [5, 5.41) is 0.684.